The second-order valence-corrected chi connectivity index (χ2v) is 5.39. The van der Waals surface area contributed by atoms with E-state index >= 15 is 0 Å². The van der Waals surface area contributed by atoms with Crippen LogP contribution in [0.3, 0.4) is 0 Å². The fraction of sp³-hybridized carbons (Fsp3) is 0.429. The molecule has 4 nitrogen and oxygen atoms in total. The summed E-state index contributed by atoms with van der Waals surface area (Å²) in [4.78, 5) is 22.9. The van der Waals surface area contributed by atoms with Crippen LogP contribution in [0.1, 0.15) is 35.2 Å². The van der Waals surface area contributed by atoms with Crippen molar-refractivity contribution in [2.24, 2.45) is 5.92 Å². The van der Waals surface area contributed by atoms with Crippen LogP contribution in [0, 0.1) is 12.8 Å². The quantitative estimate of drug-likeness (QED) is 0.872. The van der Waals surface area contributed by atoms with Gasteiger partial charge in [-0.05, 0) is 49.4 Å². The first-order chi connectivity index (χ1) is 8.97. The second-order valence-electron chi connectivity index (χ2n) is 4.98. The number of carbonyl (C=O) groups is 2. The molecule has 0 bridgehead atoms. The number of hydrogen-bond acceptors (Lipinski definition) is 2. The van der Waals surface area contributed by atoms with Crippen molar-refractivity contribution in [2.45, 2.75) is 32.2 Å². The summed E-state index contributed by atoms with van der Waals surface area (Å²) in [7, 11) is 0. The molecule has 1 amide bonds. The van der Waals surface area contributed by atoms with Crippen LogP contribution in [0.15, 0.2) is 18.2 Å². The summed E-state index contributed by atoms with van der Waals surface area (Å²) < 4.78 is 0. The maximum atomic E-state index is 12.1. The Bertz CT molecular complexity index is 511. The molecule has 0 aliphatic heterocycles. The van der Waals surface area contributed by atoms with Gasteiger partial charge in [-0.3, -0.25) is 9.59 Å². The highest BCUT2D eigenvalue weighted by Gasteiger charge is 2.33. The predicted molar refractivity (Wildman–Crippen MR) is 72.4 cm³/mol. The van der Waals surface area contributed by atoms with Gasteiger partial charge in [0.1, 0.15) is 0 Å². The summed E-state index contributed by atoms with van der Waals surface area (Å²) in [6, 6.07) is 4.76. The molecule has 1 aliphatic rings. The van der Waals surface area contributed by atoms with Gasteiger partial charge >= 0.3 is 5.97 Å². The number of rotatable bonds is 5. The van der Waals surface area contributed by atoms with Gasteiger partial charge in [-0.15, -0.1) is 0 Å². The van der Waals surface area contributed by atoms with E-state index in [0.29, 0.717) is 16.5 Å². The van der Waals surface area contributed by atoms with Crippen molar-refractivity contribution in [2.75, 3.05) is 0 Å². The van der Waals surface area contributed by atoms with E-state index in [0.717, 1.165) is 18.4 Å². The van der Waals surface area contributed by atoms with E-state index in [9.17, 15) is 9.59 Å². The van der Waals surface area contributed by atoms with E-state index in [1.807, 2.05) is 6.92 Å². The average molecular weight is 282 g/mol. The Morgan fingerprint density at radius 3 is 2.68 bits per heavy atom. The molecule has 1 aliphatic carbocycles. The van der Waals surface area contributed by atoms with Crippen LogP contribution < -0.4 is 5.32 Å². The molecule has 1 aromatic carbocycles. The molecule has 102 valence electrons. The van der Waals surface area contributed by atoms with E-state index in [1.165, 1.54) is 0 Å². The Kier molecular flexibility index (Phi) is 4.10. The number of carboxylic acid groups (broad SMARTS) is 1. The van der Waals surface area contributed by atoms with Gasteiger partial charge in [0.15, 0.2) is 0 Å². The van der Waals surface area contributed by atoms with Crippen molar-refractivity contribution in [3.05, 3.63) is 34.3 Å². The molecule has 1 unspecified atom stereocenters. The minimum absolute atomic E-state index is 0.0248. The van der Waals surface area contributed by atoms with Crippen molar-refractivity contribution >= 4 is 23.5 Å². The van der Waals surface area contributed by atoms with Crippen LogP contribution in [0.4, 0.5) is 0 Å². The third-order valence-corrected chi connectivity index (χ3v) is 3.75. The van der Waals surface area contributed by atoms with Crippen molar-refractivity contribution in [1.29, 1.82) is 0 Å². The van der Waals surface area contributed by atoms with Crippen LogP contribution in [0.2, 0.25) is 5.02 Å². The number of benzene rings is 1. The lowest BCUT2D eigenvalue weighted by Gasteiger charge is -2.16. The summed E-state index contributed by atoms with van der Waals surface area (Å²) in [5.74, 6) is -0.823. The van der Waals surface area contributed by atoms with Gasteiger partial charge in [-0.2, -0.15) is 0 Å². The fourth-order valence-corrected chi connectivity index (χ4v) is 2.18. The normalized spacial score (nSPS) is 15.9. The maximum absolute atomic E-state index is 12.1. The number of carbonyl (C=O) groups excluding carboxylic acids is 1. The smallest absolute Gasteiger partial charge is 0.305 e. The average Bonchev–Trinajstić information content (AvgIpc) is 3.15. The molecule has 0 radical (unpaired) electrons. The van der Waals surface area contributed by atoms with Gasteiger partial charge in [0, 0.05) is 16.6 Å². The van der Waals surface area contributed by atoms with Gasteiger partial charge in [0.05, 0.1) is 6.42 Å². The zero-order valence-corrected chi connectivity index (χ0v) is 11.4. The molecule has 1 fully saturated rings. The maximum Gasteiger partial charge on any atom is 0.305 e. The summed E-state index contributed by atoms with van der Waals surface area (Å²) in [5, 5.41) is 12.3. The van der Waals surface area contributed by atoms with Crippen molar-refractivity contribution in [1.82, 2.24) is 5.32 Å². The molecule has 0 aromatic heterocycles. The molecule has 1 atom stereocenters. The number of nitrogens with one attached hydrogen (secondary N) is 1. The summed E-state index contributed by atoms with van der Waals surface area (Å²) in [6.07, 6.45) is 1.94. The van der Waals surface area contributed by atoms with Crippen LogP contribution in [-0.4, -0.2) is 23.0 Å². The van der Waals surface area contributed by atoms with Crippen molar-refractivity contribution < 1.29 is 14.7 Å². The van der Waals surface area contributed by atoms with Gasteiger partial charge < -0.3 is 10.4 Å². The Labute approximate surface area is 116 Å². The minimum Gasteiger partial charge on any atom is -0.481 e. The molecule has 2 N–H and O–H groups in total. The predicted octanol–water partition coefficient (Wildman–Crippen LogP) is 2.63. The molecule has 0 heterocycles. The fourth-order valence-electron chi connectivity index (χ4n) is 2.06. The first-order valence-corrected chi connectivity index (χ1v) is 6.64. The zero-order chi connectivity index (χ0) is 14.0. The molecule has 2 rings (SSSR count). The van der Waals surface area contributed by atoms with Gasteiger partial charge in [0.25, 0.3) is 5.91 Å². The lowest BCUT2D eigenvalue weighted by atomic mass is 10.1. The summed E-state index contributed by atoms with van der Waals surface area (Å²) in [5.41, 5.74) is 1.34. The minimum atomic E-state index is -0.885. The second kappa shape index (κ2) is 5.61. The van der Waals surface area contributed by atoms with E-state index < -0.39 is 5.97 Å². The molecular formula is C14H16ClNO3. The third-order valence-electron chi connectivity index (χ3n) is 3.32. The monoisotopic (exact) mass is 281 g/mol. The van der Waals surface area contributed by atoms with Crippen LogP contribution in [0.5, 0.6) is 0 Å². The lowest BCUT2D eigenvalue weighted by Crippen LogP contribution is -2.38. The molecule has 19 heavy (non-hydrogen) atoms. The highest BCUT2D eigenvalue weighted by Crippen LogP contribution is 2.34. The van der Waals surface area contributed by atoms with Gasteiger partial charge in [-0.1, -0.05) is 11.6 Å². The number of carboxylic acids is 1. The van der Waals surface area contributed by atoms with E-state index in [2.05, 4.69) is 5.32 Å². The Balaban J connectivity index is 2.05. The Morgan fingerprint density at radius 1 is 1.47 bits per heavy atom. The standard InChI is InChI=1S/C14H16ClNO3/c1-8-6-10(4-5-11(8)15)14(19)16-12(7-13(17)18)9-2-3-9/h4-6,9,12H,2-3,7H2,1H3,(H,16,19)(H,17,18). The molecular weight excluding hydrogens is 266 g/mol. The first kappa shape index (κ1) is 13.9. The van der Waals surface area contributed by atoms with E-state index in [-0.39, 0.29) is 18.4 Å². The zero-order valence-electron chi connectivity index (χ0n) is 10.6. The van der Waals surface area contributed by atoms with Crippen LogP contribution in [-0.2, 0) is 4.79 Å². The molecule has 5 heteroatoms. The molecule has 1 aromatic rings. The molecule has 1 saturated carbocycles. The summed E-state index contributed by atoms with van der Waals surface area (Å²) >= 11 is 5.91. The molecule has 0 spiro atoms. The van der Waals surface area contributed by atoms with Crippen molar-refractivity contribution in [3.8, 4) is 0 Å². The topological polar surface area (TPSA) is 66.4 Å². The number of hydrogen-bond donors (Lipinski definition) is 2. The highest BCUT2D eigenvalue weighted by atomic mass is 35.5. The Morgan fingerprint density at radius 2 is 2.16 bits per heavy atom. The SMILES string of the molecule is Cc1cc(C(=O)NC(CC(=O)O)C2CC2)ccc1Cl. The van der Waals surface area contributed by atoms with Gasteiger partial charge in [0.2, 0.25) is 0 Å². The number of amides is 1. The highest BCUT2D eigenvalue weighted by molar-refractivity contribution is 6.31. The number of halogens is 1. The van der Waals surface area contributed by atoms with E-state index in [4.69, 9.17) is 16.7 Å². The third kappa shape index (κ3) is 3.70. The van der Waals surface area contributed by atoms with Crippen LogP contribution >= 0.6 is 11.6 Å². The lowest BCUT2D eigenvalue weighted by molar-refractivity contribution is -0.137. The summed E-state index contributed by atoms with van der Waals surface area (Å²) in [6.45, 7) is 1.83. The first-order valence-electron chi connectivity index (χ1n) is 6.26. The van der Waals surface area contributed by atoms with Crippen molar-refractivity contribution in [3.63, 3.8) is 0 Å². The molecule has 0 saturated heterocycles. The number of aliphatic carboxylic acids is 1. The Hall–Kier alpha value is -1.55. The number of aryl methyl sites for hydroxylation is 1. The van der Waals surface area contributed by atoms with E-state index in [1.54, 1.807) is 18.2 Å². The van der Waals surface area contributed by atoms with Crippen LogP contribution in [0.25, 0.3) is 0 Å². The largest absolute Gasteiger partial charge is 0.481 e. The van der Waals surface area contributed by atoms with Gasteiger partial charge in [-0.25, -0.2) is 0 Å².